The summed E-state index contributed by atoms with van der Waals surface area (Å²) in [7, 11) is 0. The zero-order valence-electron chi connectivity index (χ0n) is 12.8. The molecule has 1 atom stereocenters. The predicted molar refractivity (Wildman–Crippen MR) is 84.2 cm³/mol. The van der Waals surface area contributed by atoms with E-state index in [1.165, 1.54) is 5.56 Å². The summed E-state index contributed by atoms with van der Waals surface area (Å²) in [6.07, 6.45) is 1.69. The number of aromatic amines is 1. The van der Waals surface area contributed by atoms with Crippen LogP contribution in [-0.4, -0.2) is 35.1 Å². The van der Waals surface area contributed by atoms with Crippen LogP contribution in [0.5, 0.6) is 0 Å². The lowest BCUT2D eigenvalue weighted by Gasteiger charge is -2.26. The Morgan fingerprint density at radius 2 is 2.27 bits per heavy atom. The first-order valence-electron chi connectivity index (χ1n) is 7.70. The Bertz CT molecular complexity index is 661. The van der Waals surface area contributed by atoms with Gasteiger partial charge in [-0.05, 0) is 43.4 Å². The van der Waals surface area contributed by atoms with E-state index in [1.54, 1.807) is 0 Å². The molecule has 0 radical (unpaired) electrons. The van der Waals surface area contributed by atoms with Crippen LogP contribution < -0.4 is 11.1 Å². The number of rotatable bonds is 4. The van der Waals surface area contributed by atoms with Gasteiger partial charge in [0.05, 0.1) is 23.6 Å². The molecule has 1 unspecified atom stereocenters. The van der Waals surface area contributed by atoms with Crippen molar-refractivity contribution in [3.8, 4) is 0 Å². The number of aryl methyl sites for hydroxylation is 1. The maximum absolute atomic E-state index is 12.2. The van der Waals surface area contributed by atoms with Crippen molar-refractivity contribution in [1.82, 2.24) is 15.3 Å². The Hall–Kier alpha value is -1.92. The summed E-state index contributed by atoms with van der Waals surface area (Å²) in [6.45, 7) is 3.78. The largest absolute Gasteiger partial charge is 0.381 e. The van der Waals surface area contributed by atoms with Crippen molar-refractivity contribution < 1.29 is 9.53 Å². The monoisotopic (exact) mass is 302 g/mol. The van der Waals surface area contributed by atoms with E-state index in [1.807, 2.05) is 25.1 Å². The maximum atomic E-state index is 12.2. The zero-order valence-corrected chi connectivity index (χ0v) is 12.8. The van der Waals surface area contributed by atoms with Crippen molar-refractivity contribution in [3.63, 3.8) is 0 Å². The van der Waals surface area contributed by atoms with E-state index >= 15 is 0 Å². The minimum Gasteiger partial charge on any atom is -0.381 e. The summed E-state index contributed by atoms with van der Waals surface area (Å²) >= 11 is 0. The first-order valence-corrected chi connectivity index (χ1v) is 7.70. The molecular formula is C16H22N4O2. The second kappa shape index (κ2) is 6.46. The fraction of sp³-hybridized carbons (Fsp3) is 0.500. The van der Waals surface area contributed by atoms with Crippen LogP contribution in [-0.2, 0) is 16.1 Å². The third-order valence-corrected chi connectivity index (χ3v) is 4.19. The molecular weight excluding hydrogens is 280 g/mol. The predicted octanol–water partition coefficient (Wildman–Crippen LogP) is 1.24. The fourth-order valence-corrected chi connectivity index (χ4v) is 2.84. The van der Waals surface area contributed by atoms with Crippen molar-refractivity contribution in [2.45, 2.75) is 32.4 Å². The molecule has 0 saturated carbocycles. The number of carbonyl (C=O) groups is 1. The van der Waals surface area contributed by atoms with Gasteiger partial charge in [-0.1, -0.05) is 6.07 Å². The number of carbonyl (C=O) groups excluding carboxylic acids is 1. The van der Waals surface area contributed by atoms with Crippen LogP contribution in [0.4, 0.5) is 0 Å². The van der Waals surface area contributed by atoms with E-state index in [9.17, 15) is 4.79 Å². The summed E-state index contributed by atoms with van der Waals surface area (Å²) in [5, 5.41) is 2.87. The molecule has 1 aliphatic rings. The number of imidazole rings is 1. The normalized spacial score (nSPS) is 17.5. The molecule has 1 aliphatic heterocycles. The van der Waals surface area contributed by atoms with Gasteiger partial charge in [0, 0.05) is 13.2 Å². The number of nitrogens with two attached hydrogens (primary N) is 1. The molecule has 4 N–H and O–H groups in total. The molecule has 1 saturated heterocycles. The van der Waals surface area contributed by atoms with Gasteiger partial charge in [-0.15, -0.1) is 0 Å². The Kier molecular flexibility index (Phi) is 4.40. The average molecular weight is 302 g/mol. The first kappa shape index (κ1) is 15.0. The fourth-order valence-electron chi connectivity index (χ4n) is 2.84. The number of nitrogens with zero attached hydrogens (tertiary/aromatic N) is 1. The van der Waals surface area contributed by atoms with Gasteiger partial charge in [0.2, 0.25) is 5.91 Å². The molecule has 0 bridgehead atoms. The Morgan fingerprint density at radius 1 is 1.50 bits per heavy atom. The van der Waals surface area contributed by atoms with Gasteiger partial charge in [-0.3, -0.25) is 4.79 Å². The molecule has 3 rings (SSSR count). The number of amides is 1. The average Bonchev–Trinajstić information content (AvgIpc) is 2.94. The van der Waals surface area contributed by atoms with Gasteiger partial charge in [0.1, 0.15) is 5.82 Å². The lowest BCUT2D eigenvalue weighted by atomic mass is 9.92. The lowest BCUT2D eigenvalue weighted by molar-refractivity contribution is -0.124. The Labute approximate surface area is 129 Å². The van der Waals surface area contributed by atoms with E-state index in [0.717, 1.165) is 29.7 Å². The molecule has 6 nitrogen and oxygen atoms in total. The summed E-state index contributed by atoms with van der Waals surface area (Å²) < 4.78 is 5.30. The Morgan fingerprint density at radius 3 is 3.05 bits per heavy atom. The van der Waals surface area contributed by atoms with Crippen molar-refractivity contribution in [2.75, 3.05) is 13.2 Å². The smallest absolute Gasteiger partial charge is 0.237 e. The van der Waals surface area contributed by atoms with E-state index in [-0.39, 0.29) is 11.8 Å². The number of aromatic nitrogens is 2. The highest BCUT2D eigenvalue weighted by Gasteiger charge is 2.26. The van der Waals surface area contributed by atoms with Gasteiger partial charge < -0.3 is 20.8 Å². The van der Waals surface area contributed by atoms with Crippen LogP contribution >= 0.6 is 0 Å². The molecule has 1 aromatic heterocycles. The standard InChI is InChI=1S/C16H22N4O2/c1-10-2-3-12-13(8-10)20-14(19-12)9-18-16(21)15(17)11-4-6-22-7-5-11/h2-3,8,11,15H,4-7,9,17H2,1H3,(H,18,21)(H,19,20). The number of H-pyrrole nitrogens is 1. The molecule has 1 fully saturated rings. The summed E-state index contributed by atoms with van der Waals surface area (Å²) in [6, 6.07) is 5.56. The van der Waals surface area contributed by atoms with Crippen molar-refractivity contribution >= 4 is 16.9 Å². The molecule has 1 amide bonds. The highest BCUT2D eigenvalue weighted by atomic mass is 16.5. The third kappa shape index (κ3) is 3.28. The first-order chi connectivity index (χ1) is 10.6. The highest BCUT2D eigenvalue weighted by molar-refractivity contribution is 5.82. The van der Waals surface area contributed by atoms with Crippen LogP contribution in [0.1, 0.15) is 24.2 Å². The molecule has 0 spiro atoms. The maximum Gasteiger partial charge on any atom is 0.237 e. The number of benzene rings is 1. The van der Waals surface area contributed by atoms with Crippen LogP contribution in [0.3, 0.4) is 0 Å². The summed E-state index contributed by atoms with van der Waals surface area (Å²) in [5.41, 5.74) is 9.12. The minimum atomic E-state index is -0.476. The number of hydrogen-bond donors (Lipinski definition) is 3. The second-order valence-corrected chi connectivity index (χ2v) is 5.90. The van der Waals surface area contributed by atoms with Gasteiger partial charge in [-0.2, -0.15) is 0 Å². The molecule has 1 aromatic carbocycles. The second-order valence-electron chi connectivity index (χ2n) is 5.90. The van der Waals surface area contributed by atoms with Gasteiger partial charge >= 0.3 is 0 Å². The van der Waals surface area contributed by atoms with E-state index in [0.29, 0.717) is 19.8 Å². The Balaban J connectivity index is 1.59. The van der Waals surface area contributed by atoms with Crippen molar-refractivity contribution in [3.05, 3.63) is 29.6 Å². The quantitative estimate of drug-likeness (QED) is 0.792. The van der Waals surface area contributed by atoms with Crippen LogP contribution in [0.25, 0.3) is 11.0 Å². The van der Waals surface area contributed by atoms with Crippen molar-refractivity contribution in [2.24, 2.45) is 11.7 Å². The number of ether oxygens (including phenoxy) is 1. The number of fused-ring (bicyclic) bond motifs is 1. The van der Waals surface area contributed by atoms with Crippen LogP contribution in [0.2, 0.25) is 0 Å². The van der Waals surface area contributed by atoms with E-state index in [4.69, 9.17) is 10.5 Å². The van der Waals surface area contributed by atoms with Gasteiger partial charge in [0.25, 0.3) is 0 Å². The van der Waals surface area contributed by atoms with Gasteiger partial charge in [0.15, 0.2) is 0 Å². The van der Waals surface area contributed by atoms with Crippen molar-refractivity contribution in [1.29, 1.82) is 0 Å². The summed E-state index contributed by atoms with van der Waals surface area (Å²) in [4.78, 5) is 19.9. The lowest BCUT2D eigenvalue weighted by Crippen LogP contribution is -2.46. The topological polar surface area (TPSA) is 93.0 Å². The molecule has 118 valence electrons. The number of hydrogen-bond acceptors (Lipinski definition) is 4. The third-order valence-electron chi connectivity index (χ3n) is 4.19. The molecule has 2 aromatic rings. The van der Waals surface area contributed by atoms with Crippen LogP contribution in [0.15, 0.2) is 18.2 Å². The molecule has 0 aliphatic carbocycles. The molecule has 2 heterocycles. The van der Waals surface area contributed by atoms with E-state index < -0.39 is 6.04 Å². The van der Waals surface area contributed by atoms with Gasteiger partial charge in [-0.25, -0.2) is 4.98 Å². The summed E-state index contributed by atoms with van der Waals surface area (Å²) in [5.74, 6) is 0.823. The van der Waals surface area contributed by atoms with E-state index in [2.05, 4.69) is 15.3 Å². The number of nitrogens with one attached hydrogen (secondary N) is 2. The minimum absolute atomic E-state index is 0.122. The SMILES string of the molecule is Cc1ccc2nc(CNC(=O)C(N)C3CCOCC3)[nH]c2c1. The zero-order chi connectivity index (χ0) is 15.5. The molecule has 6 heteroatoms. The highest BCUT2D eigenvalue weighted by Crippen LogP contribution is 2.18. The van der Waals surface area contributed by atoms with Crippen LogP contribution in [0, 0.1) is 12.8 Å². The molecule has 22 heavy (non-hydrogen) atoms.